The second-order valence-corrected chi connectivity index (χ2v) is 7.87. The molecule has 2 rings (SSSR count). The highest BCUT2D eigenvalue weighted by Gasteiger charge is 2.20. The summed E-state index contributed by atoms with van der Waals surface area (Å²) in [4.78, 5) is 25.2. The van der Waals surface area contributed by atoms with Gasteiger partial charge in [-0.1, -0.05) is 23.4 Å². The van der Waals surface area contributed by atoms with E-state index in [-0.39, 0.29) is 23.4 Å². The Balaban J connectivity index is 1.85. The van der Waals surface area contributed by atoms with Gasteiger partial charge in [0.2, 0.25) is 11.8 Å². The van der Waals surface area contributed by atoms with Crippen LogP contribution >= 0.6 is 23.4 Å². The number of ether oxygens (including phenoxy) is 1. The molecule has 140 valence electrons. The third-order valence-electron chi connectivity index (χ3n) is 3.03. The van der Waals surface area contributed by atoms with E-state index in [1.807, 2.05) is 0 Å². The highest BCUT2D eigenvalue weighted by atomic mass is 35.5. The molecule has 0 N–H and O–H groups in total. The van der Waals surface area contributed by atoms with Gasteiger partial charge in [0, 0.05) is 17.6 Å². The Hall–Kier alpha value is -2.06. The Kier molecular flexibility index (Phi) is 6.66. The average molecular weight is 398 g/mol. The molecule has 7 nitrogen and oxygen atoms in total. The highest BCUT2D eigenvalue weighted by Crippen LogP contribution is 2.24. The number of benzene rings is 1. The summed E-state index contributed by atoms with van der Waals surface area (Å²) in [5.41, 5.74) is 0.152. The van der Waals surface area contributed by atoms with Crippen molar-refractivity contribution in [2.75, 3.05) is 19.3 Å². The van der Waals surface area contributed by atoms with Gasteiger partial charge in [-0.2, -0.15) is 0 Å². The molecular formula is C17H20ClN3O4S. The molecule has 0 spiro atoms. The van der Waals surface area contributed by atoms with Crippen molar-refractivity contribution >= 4 is 35.2 Å². The maximum atomic E-state index is 12.1. The smallest absolute Gasteiger partial charge is 0.326 e. The van der Waals surface area contributed by atoms with Crippen molar-refractivity contribution in [2.24, 2.45) is 0 Å². The summed E-state index contributed by atoms with van der Waals surface area (Å²) in [5, 5.41) is 8.74. The first-order valence-corrected chi connectivity index (χ1v) is 9.18. The SMILES string of the molecule is CN(CC(=O)OC(C)(C)C)C(=O)CSc1nnc(-c2ccc(Cl)cc2)o1. The van der Waals surface area contributed by atoms with Crippen LogP contribution < -0.4 is 0 Å². The molecule has 0 saturated heterocycles. The van der Waals surface area contributed by atoms with Gasteiger partial charge in [-0.25, -0.2) is 0 Å². The highest BCUT2D eigenvalue weighted by molar-refractivity contribution is 7.99. The van der Waals surface area contributed by atoms with Gasteiger partial charge in [-0.05, 0) is 45.0 Å². The van der Waals surface area contributed by atoms with Gasteiger partial charge in [0.1, 0.15) is 12.1 Å². The molecule has 0 saturated carbocycles. The van der Waals surface area contributed by atoms with Crippen LogP contribution in [0.4, 0.5) is 0 Å². The predicted molar refractivity (Wildman–Crippen MR) is 99.0 cm³/mol. The quantitative estimate of drug-likeness (QED) is 0.546. The molecule has 1 heterocycles. The summed E-state index contributed by atoms with van der Waals surface area (Å²) >= 11 is 6.95. The fourth-order valence-electron chi connectivity index (χ4n) is 1.87. The topological polar surface area (TPSA) is 85.5 Å². The van der Waals surface area contributed by atoms with Gasteiger partial charge in [-0.3, -0.25) is 9.59 Å². The van der Waals surface area contributed by atoms with E-state index in [0.717, 1.165) is 17.3 Å². The normalized spacial score (nSPS) is 11.3. The van der Waals surface area contributed by atoms with Crippen LogP contribution in [0.5, 0.6) is 0 Å². The molecule has 0 fully saturated rings. The van der Waals surface area contributed by atoms with E-state index in [1.54, 1.807) is 52.1 Å². The van der Waals surface area contributed by atoms with Gasteiger partial charge >= 0.3 is 5.97 Å². The molecule has 2 aromatic rings. The molecule has 0 radical (unpaired) electrons. The van der Waals surface area contributed by atoms with Gasteiger partial charge < -0.3 is 14.1 Å². The third kappa shape index (κ3) is 6.34. The van der Waals surface area contributed by atoms with E-state index in [0.29, 0.717) is 10.9 Å². The van der Waals surface area contributed by atoms with E-state index in [1.165, 1.54) is 4.90 Å². The van der Waals surface area contributed by atoms with Crippen molar-refractivity contribution in [3.8, 4) is 11.5 Å². The van der Waals surface area contributed by atoms with Crippen molar-refractivity contribution in [1.82, 2.24) is 15.1 Å². The molecule has 1 aromatic heterocycles. The molecule has 1 aromatic carbocycles. The number of halogens is 1. The fraction of sp³-hybridized carbons (Fsp3) is 0.412. The van der Waals surface area contributed by atoms with Gasteiger partial charge in [0.15, 0.2) is 0 Å². The Morgan fingerprint density at radius 2 is 1.88 bits per heavy atom. The molecule has 0 aliphatic rings. The lowest BCUT2D eigenvalue weighted by Crippen LogP contribution is -2.37. The second-order valence-electron chi connectivity index (χ2n) is 6.50. The van der Waals surface area contributed by atoms with Crippen molar-refractivity contribution in [2.45, 2.75) is 31.6 Å². The number of thioether (sulfide) groups is 1. The van der Waals surface area contributed by atoms with Crippen molar-refractivity contribution in [1.29, 1.82) is 0 Å². The second kappa shape index (κ2) is 8.55. The Morgan fingerprint density at radius 3 is 2.50 bits per heavy atom. The first-order chi connectivity index (χ1) is 12.1. The molecule has 1 amide bonds. The lowest BCUT2D eigenvalue weighted by molar-refractivity contribution is -0.157. The van der Waals surface area contributed by atoms with Gasteiger partial charge in [-0.15, -0.1) is 10.2 Å². The number of nitrogens with zero attached hydrogens (tertiary/aromatic N) is 3. The largest absolute Gasteiger partial charge is 0.459 e. The van der Waals surface area contributed by atoms with E-state index in [2.05, 4.69) is 10.2 Å². The number of likely N-dealkylation sites (N-methyl/N-ethyl adjacent to an activating group) is 1. The standard InChI is InChI=1S/C17H20ClN3O4S/c1-17(2,3)25-14(23)9-21(4)13(22)10-26-16-20-19-15(24-16)11-5-7-12(18)8-6-11/h5-8H,9-10H2,1-4H3. The Bertz CT molecular complexity index is 771. The summed E-state index contributed by atoms with van der Waals surface area (Å²) in [5.74, 6) is -0.284. The number of hydrogen-bond acceptors (Lipinski definition) is 7. The first-order valence-electron chi connectivity index (χ1n) is 7.82. The molecule has 0 bridgehead atoms. The van der Waals surface area contributed by atoms with Crippen LogP contribution in [0.15, 0.2) is 33.9 Å². The predicted octanol–water partition coefficient (Wildman–Crippen LogP) is 3.28. The minimum Gasteiger partial charge on any atom is -0.459 e. The fourth-order valence-corrected chi connectivity index (χ4v) is 2.70. The molecule has 0 unspecified atom stereocenters. The van der Waals surface area contributed by atoms with E-state index in [4.69, 9.17) is 20.8 Å². The van der Waals surface area contributed by atoms with Gasteiger partial charge in [0.05, 0.1) is 5.75 Å². The molecule has 0 atom stereocenters. The van der Waals surface area contributed by atoms with E-state index < -0.39 is 11.6 Å². The zero-order valence-electron chi connectivity index (χ0n) is 15.0. The van der Waals surface area contributed by atoms with E-state index in [9.17, 15) is 9.59 Å². The van der Waals surface area contributed by atoms with Crippen LogP contribution in [0.1, 0.15) is 20.8 Å². The zero-order chi connectivity index (χ0) is 19.3. The monoisotopic (exact) mass is 397 g/mol. The third-order valence-corrected chi connectivity index (χ3v) is 4.08. The minimum atomic E-state index is -0.586. The van der Waals surface area contributed by atoms with Gasteiger partial charge in [0.25, 0.3) is 5.22 Å². The summed E-state index contributed by atoms with van der Waals surface area (Å²) in [6, 6.07) is 6.99. The molecular weight excluding hydrogens is 378 g/mol. The van der Waals surface area contributed by atoms with Crippen molar-refractivity contribution < 1.29 is 18.7 Å². The Labute approximate surface area is 161 Å². The maximum absolute atomic E-state index is 12.1. The summed E-state index contributed by atoms with van der Waals surface area (Å²) in [7, 11) is 1.54. The summed E-state index contributed by atoms with van der Waals surface area (Å²) in [6.07, 6.45) is 0. The van der Waals surface area contributed by atoms with Crippen molar-refractivity contribution in [3.05, 3.63) is 29.3 Å². The van der Waals surface area contributed by atoms with Crippen LogP contribution in [0.25, 0.3) is 11.5 Å². The lowest BCUT2D eigenvalue weighted by atomic mass is 10.2. The van der Waals surface area contributed by atoms with Crippen LogP contribution in [-0.4, -0.2) is 51.9 Å². The van der Waals surface area contributed by atoms with E-state index >= 15 is 0 Å². The number of carbonyl (C=O) groups is 2. The number of carbonyl (C=O) groups excluding carboxylic acids is 2. The number of esters is 1. The van der Waals surface area contributed by atoms with Crippen LogP contribution in [0, 0.1) is 0 Å². The zero-order valence-corrected chi connectivity index (χ0v) is 16.6. The summed E-state index contributed by atoms with van der Waals surface area (Å²) < 4.78 is 10.7. The average Bonchev–Trinajstić information content (AvgIpc) is 3.00. The lowest BCUT2D eigenvalue weighted by Gasteiger charge is -2.22. The van der Waals surface area contributed by atoms with Crippen LogP contribution in [0.3, 0.4) is 0 Å². The molecule has 9 heteroatoms. The number of aromatic nitrogens is 2. The Morgan fingerprint density at radius 1 is 1.23 bits per heavy atom. The number of amides is 1. The molecule has 0 aliphatic carbocycles. The summed E-state index contributed by atoms with van der Waals surface area (Å²) in [6.45, 7) is 5.21. The number of hydrogen-bond donors (Lipinski definition) is 0. The number of rotatable bonds is 6. The van der Waals surface area contributed by atoms with Crippen molar-refractivity contribution in [3.63, 3.8) is 0 Å². The van der Waals surface area contributed by atoms with Crippen LogP contribution in [-0.2, 0) is 14.3 Å². The first kappa shape index (κ1) is 20.3. The minimum absolute atomic E-state index is 0.0710. The van der Waals surface area contributed by atoms with Crippen LogP contribution in [0.2, 0.25) is 5.02 Å². The molecule has 0 aliphatic heterocycles. The molecule has 26 heavy (non-hydrogen) atoms. The maximum Gasteiger partial charge on any atom is 0.326 e.